The predicted molar refractivity (Wildman–Crippen MR) is 196 cm³/mol. The summed E-state index contributed by atoms with van der Waals surface area (Å²) in [4.78, 5) is 19.1. The minimum Gasteiger partial charge on any atom is -0.396 e. The molecule has 0 saturated heterocycles. The number of aliphatic hydroxyl groups is 3. The molecule has 7 N–H and O–H groups in total. The number of carbonyl (C=O) groups excluding carboxylic acids is 1. The molecule has 3 fully saturated rings. The third-order valence-corrected chi connectivity index (χ3v) is 16.7. The van der Waals surface area contributed by atoms with Crippen molar-refractivity contribution in [1.29, 1.82) is 0 Å². The Labute approximate surface area is 294 Å². The first-order valence-corrected chi connectivity index (χ1v) is 20.9. The van der Waals surface area contributed by atoms with Crippen molar-refractivity contribution < 1.29 is 20.1 Å². The molecular weight excluding hydrogens is 641 g/mol. The van der Waals surface area contributed by atoms with E-state index in [1.807, 2.05) is 28.6 Å². The van der Waals surface area contributed by atoms with Gasteiger partial charge in [-0.3, -0.25) is 9.79 Å². The van der Waals surface area contributed by atoms with Gasteiger partial charge in [0.25, 0.3) is 0 Å². The lowest BCUT2D eigenvalue weighted by Crippen LogP contribution is -2.68. The number of carbonyl (C=O) groups is 1. The van der Waals surface area contributed by atoms with E-state index in [1.54, 1.807) is 0 Å². The summed E-state index contributed by atoms with van der Waals surface area (Å²) in [7, 11) is 5.93. The Morgan fingerprint density at radius 2 is 2.00 bits per heavy atom. The van der Waals surface area contributed by atoms with E-state index in [9.17, 15) is 20.1 Å². The van der Waals surface area contributed by atoms with Crippen LogP contribution in [0.25, 0.3) is 0 Å². The average Bonchev–Trinajstić information content (AvgIpc) is 3.42. The molecule has 2 aliphatic heterocycles. The van der Waals surface area contributed by atoms with Gasteiger partial charge in [-0.2, -0.15) is 0 Å². The molecule has 6 aliphatic rings. The molecule has 10 heteroatoms. The molecule has 2 spiro atoms. The smallest absolute Gasteiger partial charge is 0.189 e. The van der Waals surface area contributed by atoms with Crippen molar-refractivity contribution >= 4 is 33.3 Å². The molecule has 48 heavy (non-hydrogen) atoms. The summed E-state index contributed by atoms with van der Waals surface area (Å²) in [6.45, 7) is 4.27. The molecule has 1 aromatic rings. The number of benzene rings is 1. The molecule has 2 heterocycles. The second-order valence-corrected chi connectivity index (χ2v) is 18.6. The molecule has 0 radical (unpaired) electrons. The van der Waals surface area contributed by atoms with Crippen LogP contribution in [0.1, 0.15) is 93.7 Å². The summed E-state index contributed by atoms with van der Waals surface area (Å²) in [5.74, 6) is 4.54. The van der Waals surface area contributed by atoms with E-state index in [4.69, 9.17) is 10.7 Å². The van der Waals surface area contributed by atoms with Gasteiger partial charge in [-0.1, -0.05) is 52.3 Å². The number of aliphatic imine (C=N–C) groups is 1. The Morgan fingerprint density at radius 3 is 2.77 bits per heavy atom. The first-order valence-electron chi connectivity index (χ1n) is 18.4. The van der Waals surface area contributed by atoms with E-state index in [-0.39, 0.29) is 59.9 Å². The van der Waals surface area contributed by atoms with Crippen molar-refractivity contribution in [3.63, 3.8) is 0 Å². The Balaban J connectivity index is 1.27. The zero-order chi connectivity index (χ0) is 33.7. The second-order valence-electron chi connectivity index (χ2n) is 16.0. The Morgan fingerprint density at radius 1 is 1.15 bits per heavy atom. The van der Waals surface area contributed by atoms with Crippen LogP contribution in [-0.2, 0) is 17.9 Å². The first-order chi connectivity index (χ1) is 23.3. The molecule has 9 unspecified atom stereocenters. The van der Waals surface area contributed by atoms with Gasteiger partial charge < -0.3 is 31.7 Å². The lowest BCUT2D eigenvalue weighted by atomic mass is 9.47. The van der Waals surface area contributed by atoms with Crippen molar-refractivity contribution in [3.8, 4) is 0 Å². The summed E-state index contributed by atoms with van der Waals surface area (Å²) in [6, 6.07) is 6.52. The van der Waals surface area contributed by atoms with Gasteiger partial charge in [0.15, 0.2) is 11.7 Å². The number of aliphatic hydroxyl groups excluding tert-OH is 3. The Bertz CT molecular complexity index is 1450. The zero-order valence-corrected chi connectivity index (χ0v) is 30.4. The van der Waals surface area contributed by atoms with Crippen LogP contribution in [0.5, 0.6) is 0 Å². The largest absolute Gasteiger partial charge is 0.396 e. The molecule has 0 amide bonds. The van der Waals surface area contributed by atoms with E-state index < -0.39 is 0 Å². The van der Waals surface area contributed by atoms with E-state index in [1.165, 1.54) is 16.7 Å². The summed E-state index contributed by atoms with van der Waals surface area (Å²) < 4.78 is 0. The van der Waals surface area contributed by atoms with E-state index in [2.05, 4.69) is 35.8 Å². The van der Waals surface area contributed by atoms with Gasteiger partial charge in [0.1, 0.15) is 0 Å². The summed E-state index contributed by atoms with van der Waals surface area (Å²) in [6.07, 6.45) is 9.05. The summed E-state index contributed by atoms with van der Waals surface area (Å²) in [5.41, 5.74) is 12.1. The summed E-state index contributed by atoms with van der Waals surface area (Å²) in [5, 5.41) is 38.1. The van der Waals surface area contributed by atoms with Crippen molar-refractivity contribution in [3.05, 3.63) is 46.0 Å². The number of rotatable bonds is 8. The van der Waals surface area contributed by atoms with Crippen LogP contribution in [0.4, 0.5) is 0 Å². The maximum absolute atomic E-state index is 14.3. The van der Waals surface area contributed by atoms with Crippen molar-refractivity contribution in [2.24, 2.45) is 51.1 Å². The normalized spacial score (nSPS) is 39.4. The van der Waals surface area contributed by atoms with Crippen LogP contribution in [0.2, 0.25) is 0 Å². The van der Waals surface area contributed by atoms with Gasteiger partial charge >= 0.3 is 0 Å². The molecule has 264 valence electrons. The van der Waals surface area contributed by atoms with Crippen LogP contribution in [-0.4, -0.2) is 70.9 Å². The molecule has 7 rings (SSSR count). The monoisotopic (exact) mass is 696 g/mol. The van der Waals surface area contributed by atoms with E-state index in [0.29, 0.717) is 36.5 Å². The van der Waals surface area contributed by atoms with Gasteiger partial charge in [0, 0.05) is 55.6 Å². The van der Waals surface area contributed by atoms with E-state index in [0.717, 1.165) is 87.0 Å². The maximum Gasteiger partial charge on any atom is 0.189 e. The fourth-order valence-corrected chi connectivity index (χ4v) is 14.9. The van der Waals surface area contributed by atoms with Gasteiger partial charge in [-0.15, -0.1) is 0 Å². The van der Waals surface area contributed by atoms with Crippen molar-refractivity contribution in [2.75, 3.05) is 38.3 Å². The highest BCUT2D eigenvalue weighted by Crippen LogP contribution is 2.75. The van der Waals surface area contributed by atoms with Crippen LogP contribution in [0, 0.1) is 40.4 Å². The Hall–Kier alpha value is -1.56. The number of nitrogens with zero attached hydrogens (tertiary/aromatic N) is 1. The molecule has 9 atom stereocenters. The number of ketones is 1. The minimum atomic E-state index is -0.263. The van der Waals surface area contributed by atoms with Gasteiger partial charge in [0.05, 0.1) is 12.1 Å². The topological polar surface area (TPSA) is 140 Å². The molecule has 5 bridgehead atoms. The van der Waals surface area contributed by atoms with E-state index >= 15 is 0 Å². The fraction of sp³-hybridized carbons (Fsp3) is 0.737. The number of Topliss-reactive ketones (excluding diaryl/α,β-unsaturated/α-hetero) is 1. The highest BCUT2D eigenvalue weighted by Gasteiger charge is 2.69. The summed E-state index contributed by atoms with van der Waals surface area (Å²) >= 11 is 0. The number of hydrogen-bond donors (Lipinski definition) is 6. The third kappa shape index (κ3) is 5.42. The van der Waals surface area contributed by atoms with Gasteiger partial charge in [-0.25, -0.2) is 0 Å². The SMILES string of the molecule is CNCc1ccc(CO)c(C2CCC3CCC4=C5CC6CC(CO)C(CCCO)C5(CC4=O)C6(C)CCSSCC34NC(N)=NCC24)c1. The minimum absolute atomic E-state index is 0.0189. The van der Waals surface area contributed by atoms with Gasteiger partial charge in [-0.05, 0) is 122 Å². The van der Waals surface area contributed by atoms with Crippen molar-refractivity contribution in [2.45, 2.75) is 95.7 Å². The van der Waals surface area contributed by atoms with Crippen molar-refractivity contribution in [1.82, 2.24) is 10.6 Å². The molecule has 4 aliphatic carbocycles. The van der Waals surface area contributed by atoms with Gasteiger partial charge in [0.2, 0.25) is 0 Å². The van der Waals surface area contributed by atoms with Crippen LogP contribution in [0.3, 0.4) is 0 Å². The number of nitrogens with one attached hydrogen (secondary N) is 2. The lowest BCUT2D eigenvalue weighted by Gasteiger charge is -2.57. The lowest BCUT2D eigenvalue weighted by molar-refractivity contribution is -0.125. The number of allylic oxidation sites excluding steroid dienone is 2. The number of hydrogen-bond acceptors (Lipinski definition) is 10. The Kier molecular flexibility index (Phi) is 10.1. The zero-order valence-electron chi connectivity index (χ0n) is 28.8. The quantitative estimate of drug-likeness (QED) is 0.209. The van der Waals surface area contributed by atoms with Crippen LogP contribution < -0.4 is 16.4 Å². The number of nitrogens with two attached hydrogens (primary N) is 1. The number of guanidine groups is 1. The molecule has 1 aromatic carbocycles. The molecule has 8 nitrogen and oxygen atoms in total. The van der Waals surface area contributed by atoms with Crippen LogP contribution >= 0.6 is 21.6 Å². The standard InChI is InChI=1S/C38H56N4O4S2/c1-36-11-13-47-48-22-38-26(7-9-28(33(38)19-41-35(39)42-38)30-14-23(18-40-2)5-6-24(30)20-44)8-10-29-32-16-27(36)15-25(21-45)31(4-3-12-43)37(32,36)17-34(29)46/h5-6,14,25-28,31,33,40,43-45H,3-4,7-13,15-22H2,1-2H3,(H3,39,41,42). The molecular formula is C38H56N4O4S2. The molecule has 3 saturated carbocycles. The average molecular weight is 697 g/mol. The maximum atomic E-state index is 14.3. The first kappa shape index (κ1) is 34.9. The highest BCUT2D eigenvalue weighted by molar-refractivity contribution is 8.76. The molecule has 0 aromatic heterocycles. The highest BCUT2D eigenvalue weighted by atomic mass is 33.1. The fourth-order valence-electron chi connectivity index (χ4n) is 12.1. The van der Waals surface area contributed by atoms with Crippen LogP contribution in [0.15, 0.2) is 34.3 Å². The predicted octanol–water partition coefficient (Wildman–Crippen LogP) is 4.91. The second kappa shape index (κ2) is 13.9. The third-order valence-electron chi connectivity index (χ3n) is 14.3.